The third-order valence-corrected chi connectivity index (χ3v) is 3.95. The average molecular weight is 289 g/mol. The summed E-state index contributed by atoms with van der Waals surface area (Å²) in [5.41, 5.74) is 1.96. The molecule has 0 bridgehead atoms. The zero-order valence-corrected chi connectivity index (χ0v) is 11.9. The Morgan fingerprint density at radius 3 is 2.62 bits per heavy atom. The van der Waals surface area contributed by atoms with Gasteiger partial charge in [-0.3, -0.25) is 10.1 Å². The lowest BCUT2D eigenvalue weighted by atomic mass is 10.0. The van der Waals surface area contributed by atoms with Crippen molar-refractivity contribution in [2.24, 2.45) is 0 Å². The average Bonchev–Trinajstić information content (AvgIpc) is 2.55. The summed E-state index contributed by atoms with van der Waals surface area (Å²) in [7, 11) is 0. The van der Waals surface area contributed by atoms with Gasteiger partial charge in [0.1, 0.15) is 4.64 Å². The van der Waals surface area contributed by atoms with E-state index in [0.717, 1.165) is 32.8 Å². The molecule has 3 nitrogen and oxygen atoms in total. The quantitative estimate of drug-likeness (QED) is 0.524. The lowest BCUT2D eigenvalue weighted by Crippen LogP contribution is -1.92. The van der Waals surface area contributed by atoms with Crippen LogP contribution in [0, 0.1) is 4.64 Å². The first-order valence-electron chi connectivity index (χ1n) is 6.65. The second-order valence-corrected chi connectivity index (χ2v) is 5.26. The van der Waals surface area contributed by atoms with E-state index < -0.39 is 0 Å². The van der Waals surface area contributed by atoms with Crippen molar-refractivity contribution in [1.29, 1.82) is 0 Å². The first kappa shape index (κ1) is 12.2. The van der Waals surface area contributed by atoms with Gasteiger partial charge in [-0.05, 0) is 11.5 Å². The van der Waals surface area contributed by atoms with Crippen LogP contribution in [0.15, 0.2) is 60.9 Å². The lowest BCUT2D eigenvalue weighted by Gasteiger charge is -2.08. The zero-order chi connectivity index (χ0) is 14.2. The van der Waals surface area contributed by atoms with Gasteiger partial charge < -0.3 is 0 Å². The molecule has 4 rings (SSSR count). The maximum absolute atomic E-state index is 5.33. The molecule has 4 aromatic rings. The van der Waals surface area contributed by atoms with Crippen LogP contribution < -0.4 is 0 Å². The normalized spacial score (nSPS) is 11.0. The third-order valence-electron chi connectivity index (χ3n) is 3.63. The molecule has 0 aliphatic carbocycles. The van der Waals surface area contributed by atoms with E-state index in [2.05, 4.69) is 33.4 Å². The second kappa shape index (κ2) is 4.75. The standard InChI is InChI=1S/C17H11N3S/c21-17-14-6-2-1-5-12(14)16(19-20-17)13-7-3-4-11-8-9-18-10-15(11)13/h1-10H,(H,20,21). The van der Waals surface area contributed by atoms with Crippen molar-refractivity contribution in [1.82, 2.24) is 15.2 Å². The van der Waals surface area contributed by atoms with E-state index in [0.29, 0.717) is 4.64 Å². The molecule has 2 aromatic carbocycles. The van der Waals surface area contributed by atoms with Crippen LogP contribution >= 0.6 is 12.2 Å². The number of rotatable bonds is 1. The van der Waals surface area contributed by atoms with E-state index in [1.165, 1.54) is 0 Å². The van der Waals surface area contributed by atoms with Crippen molar-refractivity contribution in [2.75, 3.05) is 0 Å². The number of aromatic amines is 1. The number of H-pyrrole nitrogens is 1. The smallest absolute Gasteiger partial charge is 0.127 e. The monoisotopic (exact) mass is 289 g/mol. The van der Waals surface area contributed by atoms with Crippen molar-refractivity contribution >= 4 is 33.8 Å². The molecule has 0 atom stereocenters. The van der Waals surface area contributed by atoms with Gasteiger partial charge >= 0.3 is 0 Å². The Balaban J connectivity index is 2.15. The molecule has 0 saturated heterocycles. The van der Waals surface area contributed by atoms with Crippen molar-refractivity contribution in [3.8, 4) is 11.3 Å². The van der Waals surface area contributed by atoms with Gasteiger partial charge in [0.25, 0.3) is 0 Å². The molecule has 21 heavy (non-hydrogen) atoms. The minimum absolute atomic E-state index is 0.660. The van der Waals surface area contributed by atoms with Crippen molar-refractivity contribution in [3.63, 3.8) is 0 Å². The predicted molar refractivity (Wildman–Crippen MR) is 87.7 cm³/mol. The molecule has 2 heterocycles. The summed E-state index contributed by atoms with van der Waals surface area (Å²) in [5.74, 6) is 0. The first-order chi connectivity index (χ1) is 10.3. The van der Waals surface area contributed by atoms with E-state index in [1.807, 2.05) is 36.5 Å². The fraction of sp³-hybridized carbons (Fsp3) is 0. The van der Waals surface area contributed by atoms with Crippen molar-refractivity contribution < 1.29 is 0 Å². The first-order valence-corrected chi connectivity index (χ1v) is 7.06. The van der Waals surface area contributed by atoms with Crippen LogP contribution in [0.1, 0.15) is 0 Å². The molecule has 2 aromatic heterocycles. The highest BCUT2D eigenvalue weighted by Crippen LogP contribution is 2.31. The highest BCUT2D eigenvalue weighted by Gasteiger charge is 2.10. The molecule has 0 unspecified atom stereocenters. The van der Waals surface area contributed by atoms with Crippen LogP contribution in [0.4, 0.5) is 0 Å². The summed E-state index contributed by atoms with van der Waals surface area (Å²) in [4.78, 5) is 4.24. The van der Waals surface area contributed by atoms with Crippen LogP contribution in [0.5, 0.6) is 0 Å². The highest BCUT2D eigenvalue weighted by molar-refractivity contribution is 7.71. The van der Waals surface area contributed by atoms with Crippen LogP contribution in [-0.2, 0) is 0 Å². The molecule has 0 aliphatic rings. The predicted octanol–water partition coefficient (Wildman–Crippen LogP) is 4.51. The third kappa shape index (κ3) is 1.92. The lowest BCUT2D eigenvalue weighted by molar-refractivity contribution is 1.04. The highest BCUT2D eigenvalue weighted by atomic mass is 32.1. The number of hydrogen-bond acceptors (Lipinski definition) is 3. The van der Waals surface area contributed by atoms with Crippen LogP contribution in [0.3, 0.4) is 0 Å². The van der Waals surface area contributed by atoms with Gasteiger partial charge in [-0.25, -0.2) is 0 Å². The molecule has 1 N–H and O–H groups in total. The van der Waals surface area contributed by atoms with Crippen molar-refractivity contribution in [2.45, 2.75) is 0 Å². The maximum Gasteiger partial charge on any atom is 0.127 e. The number of fused-ring (bicyclic) bond motifs is 2. The molecular formula is C17H11N3S. The Bertz CT molecular complexity index is 1020. The van der Waals surface area contributed by atoms with Gasteiger partial charge in [0.15, 0.2) is 0 Å². The number of benzene rings is 2. The summed E-state index contributed by atoms with van der Waals surface area (Å²) < 4.78 is 0.660. The minimum atomic E-state index is 0.660. The molecule has 0 amide bonds. The molecule has 0 aliphatic heterocycles. The largest absolute Gasteiger partial charge is 0.267 e. The molecule has 0 radical (unpaired) electrons. The van der Waals surface area contributed by atoms with Gasteiger partial charge in [0, 0.05) is 34.1 Å². The van der Waals surface area contributed by atoms with E-state index >= 15 is 0 Å². The van der Waals surface area contributed by atoms with E-state index in [1.54, 1.807) is 6.20 Å². The van der Waals surface area contributed by atoms with Gasteiger partial charge in [-0.15, -0.1) is 0 Å². The summed E-state index contributed by atoms with van der Waals surface area (Å²) >= 11 is 5.33. The molecule has 100 valence electrons. The van der Waals surface area contributed by atoms with Crippen LogP contribution in [0.25, 0.3) is 32.8 Å². The van der Waals surface area contributed by atoms with E-state index in [-0.39, 0.29) is 0 Å². The summed E-state index contributed by atoms with van der Waals surface area (Å²) in [6.07, 6.45) is 3.68. The van der Waals surface area contributed by atoms with Crippen LogP contribution in [0.2, 0.25) is 0 Å². The fourth-order valence-electron chi connectivity index (χ4n) is 2.64. The topological polar surface area (TPSA) is 41.6 Å². The number of pyridine rings is 1. The number of hydrogen-bond donors (Lipinski definition) is 1. The molecule has 0 fully saturated rings. The summed E-state index contributed by atoms with van der Waals surface area (Å²) in [6.45, 7) is 0. The molecule has 0 spiro atoms. The number of nitrogens with one attached hydrogen (secondary N) is 1. The number of aromatic nitrogens is 3. The van der Waals surface area contributed by atoms with Gasteiger partial charge in [0.05, 0.1) is 5.69 Å². The Labute approximate surface area is 126 Å². The fourth-order valence-corrected chi connectivity index (χ4v) is 2.86. The zero-order valence-electron chi connectivity index (χ0n) is 11.1. The van der Waals surface area contributed by atoms with Crippen LogP contribution in [-0.4, -0.2) is 15.2 Å². The summed E-state index contributed by atoms with van der Waals surface area (Å²) in [6, 6.07) is 16.2. The number of nitrogens with zero attached hydrogens (tertiary/aromatic N) is 2. The van der Waals surface area contributed by atoms with Gasteiger partial charge in [-0.2, -0.15) is 5.10 Å². The SMILES string of the molecule is S=c1[nH]nc(-c2cccc3ccncc23)c2ccccc12. The van der Waals surface area contributed by atoms with Crippen molar-refractivity contribution in [3.05, 3.63) is 65.6 Å². The Morgan fingerprint density at radius 2 is 1.71 bits per heavy atom. The second-order valence-electron chi connectivity index (χ2n) is 4.85. The maximum atomic E-state index is 5.33. The molecule has 0 saturated carbocycles. The molecular weight excluding hydrogens is 278 g/mol. The summed E-state index contributed by atoms with van der Waals surface area (Å²) in [5, 5.41) is 11.7. The Morgan fingerprint density at radius 1 is 0.857 bits per heavy atom. The van der Waals surface area contributed by atoms with Gasteiger partial charge in [-0.1, -0.05) is 54.7 Å². The van der Waals surface area contributed by atoms with E-state index in [9.17, 15) is 0 Å². The minimum Gasteiger partial charge on any atom is -0.267 e. The molecule has 4 heteroatoms. The Hall–Kier alpha value is -2.59. The Kier molecular flexibility index (Phi) is 2.75. The van der Waals surface area contributed by atoms with E-state index in [4.69, 9.17) is 12.2 Å². The van der Waals surface area contributed by atoms with Gasteiger partial charge in [0.2, 0.25) is 0 Å².